The second-order valence-electron chi connectivity index (χ2n) is 11.4. The van der Waals surface area contributed by atoms with Crippen molar-refractivity contribution in [2.45, 2.75) is 97.7 Å². The molecule has 0 radical (unpaired) electrons. The Morgan fingerprint density at radius 2 is 1.61 bits per heavy atom. The minimum Gasteiger partial charge on any atom is -0.458 e. The molecule has 0 aromatic heterocycles. The SMILES string of the molecule is C=C/C=C\[C@H](C)[C@@H]1OC(=O)/C=C\C=C\[C@@H](C)[C@@H](O)C[C@@H](O)/C=C\[C@H](C)[C@H](O)[C@@H](C)C[C@@H](C)CC[C@@H](O)[C@@H]1C. The van der Waals surface area contributed by atoms with Crippen molar-refractivity contribution >= 4 is 5.97 Å². The van der Waals surface area contributed by atoms with E-state index in [1.807, 2.05) is 52.8 Å². The van der Waals surface area contributed by atoms with Crippen molar-refractivity contribution in [3.63, 3.8) is 0 Å². The lowest BCUT2D eigenvalue weighted by atomic mass is 9.82. The number of hydrogen-bond acceptors (Lipinski definition) is 6. The molecule has 0 amide bonds. The van der Waals surface area contributed by atoms with E-state index in [0.29, 0.717) is 6.42 Å². The third kappa shape index (κ3) is 12.2. The summed E-state index contributed by atoms with van der Waals surface area (Å²) in [7, 11) is 0. The molecule has 1 rings (SSSR count). The van der Waals surface area contributed by atoms with Crippen LogP contribution < -0.4 is 0 Å². The van der Waals surface area contributed by atoms with Gasteiger partial charge in [0.25, 0.3) is 0 Å². The van der Waals surface area contributed by atoms with Gasteiger partial charge in [-0.1, -0.05) is 96.7 Å². The largest absolute Gasteiger partial charge is 0.458 e. The Morgan fingerprint density at radius 1 is 0.921 bits per heavy atom. The average Bonchev–Trinajstić information content (AvgIpc) is 2.88. The standard InChI is InChI=1S/C32H52O6/c1-8-9-12-24(5)32-26(7)28(34)18-15-21(2)19-25(6)31(37)23(4)16-17-27(33)20-29(35)22(3)13-10-11-14-30(36)38-32/h8-14,16-17,21-29,31-35,37H,1,15,18-20H2,2-7H3/b12-9-,13-10+,14-11-,17-16-/t21-,22+,23-,24-,25-,26-,27-,28+,29-,31-,32-/m0/s1. The van der Waals surface area contributed by atoms with Crippen LogP contribution in [0.2, 0.25) is 0 Å². The van der Waals surface area contributed by atoms with Crippen molar-refractivity contribution in [3.8, 4) is 0 Å². The fourth-order valence-corrected chi connectivity index (χ4v) is 5.04. The van der Waals surface area contributed by atoms with E-state index in [2.05, 4.69) is 13.5 Å². The molecule has 1 aliphatic rings. The Balaban J connectivity index is 3.17. The molecule has 38 heavy (non-hydrogen) atoms. The Hall–Kier alpha value is -1.99. The van der Waals surface area contributed by atoms with Gasteiger partial charge in [0.05, 0.1) is 24.4 Å². The quantitative estimate of drug-likeness (QED) is 0.228. The van der Waals surface area contributed by atoms with Crippen LogP contribution in [0.25, 0.3) is 0 Å². The highest BCUT2D eigenvalue weighted by atomic mass is 16.5. The van der Waals surface area contributed by atoms with Crippen molar-refractivity contribution in [2.75, 3.05) is 0 Å². The number of aliphatic hydroxyl groups excluding tert-OH is 4. The zero-order valence-corrected chi connectivity index (χ0v) is 24.2. The fourth-order valence-electron chi connectivity index (χ4n) is 5.04. The van der Waals surface area contributed by atoms with E-state index in [1.165, 1.54) is 6.08 Å². The molecule has 0 fully saturated rings. The second kappa shape index (κ2) is 17.6. The van der Waals surface area contributed by atoms with Gasteiger partial charge in [0.1, 0.15) is 6.10 Å². The van der Waals surface area contributed by atoms with Crippen LogP contribution in [0.4, 0.5) is 0 Å². The second-order valence-corrected chi connectivity index (χ2v) is 11.4. The summed E-state index contributed by atoms with van der Waals surface area (Å²) in [4.78, 5) is 12.6. The molecule has 6 nitrogen and oxygen atoms in total. The van der Waals surface area contributed by atoms with E-state index in [0.717, 1.165) is 12.8 Å². The number of aliphatic hydroxyl groups is 4. The van der Waals surface area contributed by atoms with Gasteiger partial charge in [-0.3, -0.25) is 0 Å². The van der Waals surface area contributed by atoms with Crippen LogP contribution in [0.3, 0.4) is 0 Å². The first-order chi connectivity index (χ1) is 17.9. The normalized spacial score (nSPS) is 40.7. The third-order valence-corrected chi connectivity index (χ3v) is 7.78. The van der Waals surface area contributed by atoms with Crippen LogP contribution in [0.5, 0.6) is 0 Å². The number of cyclic esters (lactones) is 1. The molecule has 0 aromatic rings. The summed E-state index contributed by atoms with van der Waals surface area (Å²) in [6, 6.07) is 0. The number of hydrogen-bond donors (Lipinski definition) is 4. The molecule has 1 heterocycles. The van der Waals surface area contributed by atoms with Crippen LogP contribution in [0.15, 0.2) is 61.3 Å². The predicted octanol–water partition coefficient (Wildman–Crippen LogP) is 5.14. The van der Waals surface area contributed by atoms with E-state index in [9.17, 15) is 25.2 Å². The number of rotatable bonds is 3. The molecular weight excluding hydrogens is 480 g/mol. The van der Waals surface area contributed by atoms with Gasteiger partial charge in [0.2, 0.25) is 0 Å². The topological polar surface area (TPSA) is 107 Å². The van der Waals surface area contributed by atoms with Crippen molar-refractivity contribution in [1.82, 2.24) is 0 Å². The van der Waals surface area contributed by atoms with E-state index < -0.39 is 36.5 Å². The van der Waals surface area contributed by atoms with Crippen molar-refractivity contribution in [3.05, 3.63) is 61.3 Å². The molecule has 0 aromatic carbocycles. The summed E-state index contributed by atoms with van der Waals surface area (Å²) in [5.74, 6) is -0.976. The van der Waals surface area contributed by atoms with Gasteiger partial charge in [0, 0.05) is 36.2 Å². The molecule has 0 aliphatic carbocycles. The molecule has 0 spiro atoms. The van der Waals surface area contributed by atoms with Crippen LogP contribution in [-0.2, 0) is 9.53 Å². The summed E-state index contributed by atoms with van der Waals surface area (Å²) in [6.45, 7) is 15.5. The maximum absolute atomic E-state index is 12.6. The molecule has 1 aliphatic heterocycles. The van der Waals surface area contributed by atoms with Crippen LogP contribution in [-0.4, -0.2) is 56.9 Å². The summed E-state index contributed by atoms with van der Waals surface area (Å²) in [5.41, 5.74) is 0. The summed E-state index contributed by atoms with van der Waals surface area (Å²) < 4.78 is 5.81. The number of ether oxygens (including phenoxy) is 1. The van der Waals surface area contributed by atoms with E-state index in [-0.39, 0.29) is 41.9 Å². The minimum absolute atomic E-state index is 0.0366. The third-order valence-electron chi connectivity index (χ3n) is 7.78. The Labute approximate surface area is 230 Å². The Bertz CT molecular complexity index is 815. The summed E-state index contributed by atoms with van der Waals surface area (Å²) >= 11 is 0. The highest BCUT2D eigenvalue weighted by Gasteiger charge is 2.31. The van der Waals surface area contributed by atoms with Gasteiger partial charge in [-0.05, 0) is 31.1 Å². The van der Waals surface area contributed by atoms with Gasteiger partial charge in [-0.15, -0.1) is 0 Å². The maximum Gasteiger partial charge on any atom is 0.331 e. The lowest BCUT2D eigenvalue weighted by Gasteiger charge is -2.31. The van der Waals surface area contributed by atoms with Gasteiger partial charge >= 0.3 is 5.97 Å². The first-order valence-electron chi connectivity index (χ1n) is 14.1. The minimum atomic E-state index is -0.828. The molecule has 11 atom stereocenters. The number of carbonyl (C=O) groups excluding carboxylic acids is 1. The first-order valence-corrected chi connectivity index (χ1v) is 14.1. The van der Waals surface area contributed by atoms with Crippen molar-refractivity contribution < 1.29 is 30.0 Å². The first kappa shape index (κ1) is 34.0. The smallest absolute Gasteiger partial charge is 0.331 e. The van der Waals surface area contributed by atoms with Gasteiger partial charge in [-0.2, -0.15) is 0 Å². The van der Waals surface area contributed by atoms with Crippen molar-refractivity contribution in [2.24, 2.45) is 35.5 Å². The molecule has 0 bridgehead atoms. The number of allylic oxidation sites excluding steroid dienone is 4. The zero-order valence-electron chi connectivity index (χ0n) is 24.2. The zero-order chi connectivity index (χ0) is 28.8. The van der Waals surface area contributed by atoms with Crippen LogP contribution in [0, 0.1) is 35.5 Å². The molecule has 0 saturated heterocycles. The molecule has 4 N–H and O–H groups in total. The van der Waals surface area contributed by atoms with Crippen molar-refractivity contribution in [1.29, 1.82) is 0 Å². The van der Waals surface area contributed by atoms with Crippen LogP contribution >= 0.6 is 0 Å². The lowest BCUT2D eigenvalue weighted by Crippen LogP contribution is -2.37. The fraction of sp³-hybridized carbons (Fsp3) is 0.656. The van der Waals surface area contributed by atoms with Crippen LogP contribution in [0.1, 0.15) is 67.2 Å². The van der Waals surface area contributed by atoms with E-state index >= 15 is 0 Å². The molecular formula is C32H52O6. The average molecular weight is 533 g/mol. The maximum atomic E-state index is 12.6. The van der Waals surface area contributed by atoms with E-state index in [4.69, 9.17) is 4.74 Å². The summed E-state index contributed by atoms with van der Waals surface area (Å²) in [6.07, 6.45) is 14.2. The summed E-state index contributed by atoms with van der Waals surface area (Å²) in [5, 5.41) is 42.7. The highest BCUT2D eigenvalue weighted by Crippen LogP contribution is 2.28. The number of esters is 1. The van der Waals surface area contributed by atoms with Gasteiger partial charge in [0.15, 0.2) is 0 Å². The Morgan fingerprint density at radius 3 is 2.26 bits per heavy atom. The van der Waals surface area contributed by atoms with Gasteiger partial charge in [-0.25, -0.2) is 4.79 Å². The monoisotopic (exact) mass is 532 g/mol. The lowest BCUT2D eigenvalue weighted by molar-refractivity contribution is -0.150. The number of carbonyl (C=O) groups is 1. The molecule has 0 unspecified atom stereocenters. The molecule has 0 saturated carbocycles. The van der Waals surface area contributed by atoms with E-state index in [1.54, 1.807) is 30.4 Å². The predicted molar refractivity (Wildman–Crippen MR) is 154 cm³/mol. The molecule has 216 valence electrons. The molecule has 6 heteroatoms. The Kier molecular flexibility index (Phi) is 15.7. The highest BCUT2D eigenvalue weighted by molar-refractivity contribution is 5.82. The van der Waals surface area contributed by atoms with Gasteiger partial charge < -0.3 is 25.2 Å².